The van der Waals surface area contributed by atoms with Gasteiger partial charge in [-0.05, 0) is 18.3 Å². The van der Waals surface area contributed by atoms with Crippen LogP contribution < -0.4 is 10.9 Å². The zero-order valence-electron chi connectivity index (χ0n) is 13.8. The molecule has 2 aromatic rings. The van der Waals surface area contributed by atoms with Crippen molar-refractivity contribution in [2.75, 3.05) is 0 Å². The summed E-state index contributed by atoms with van der Waals surface area (Å²) in [4.78, 5) is 28.9. The summed E-state index contributed by atoms with van der Waals surface area (Å²) >= 11 is 0. The summed E-state index contributed by atoms with van der Waals surface area (Å²) in [5.41, 5.74) is 0.296. The van der Waals surface area contributed by atoms with Crippen molar-refractivity contribution in [2.45, 2.75) is 45.7 Å². The van der Waals surface area contributed by atoms with Crippen LogP contribution in [0.1, 0.15) is 33.1 Å². The Hall–Kier alpha value is -2.18. The first-order chi connectivity index (χ1) is 11.0. The monoisotopic (exact) mass is 317 g/mol. The van der Waals surface area contributed by atoms with Crippen molar-refractivity contribution in [1.29, 1.82) is 0 Å². The normalized spacial score (nSPS) is 24.7. The molecular weight excluding hydrogens is 294 g/mol. The zero-order valence-corrected chi connectivity index (χ0v) is 13.8. The molecule has 1 N–H and O–H groups in total. The van der Waals surface area contributed by atoms with Gasteiger partial charge in [-0.25, -0.2) is 4.98 Å². The van der Waals surface area contributed by atoms with Gasteiger partial charge in [0.25, 0.3) is 5.56 Å². The minimum absolute atomic E-state index is 0.00569. The van der Waals surface area contributed by atoms with E-state index in [-0.39, 0.29) is 24.1 Å². The van der Waals surface area contributed by atoms with Gasteiger partial charge in [-0.2, -0.15) is 5.10 Å². The van der Waals surface area contributed by atoms with E-state index in [9.17, 15) is 9.59 Å². The van der Waals surface area contributed by atoms with Gasteiger partial charge in [0, 0.05) is 13.1 Å². The van der Waals surface area contributed by atoms with Crippen LogP contribution in [-0.2, 0) is 18.4 Å². The van der Waals surface area contributed by atoms with E-state index in [0.717, 1.165) is 12.8 Å². The summed E-state index contributed by atoms with van der Waals surface area (Å²) in [5, 5.41) is 7.54. The summed E-state index contributed by atoms with van der Waals surface area (Å²) in [7, 11) is 1.73. The van der Waals surface area contributed by atoms with Gasteiger partial charge >= 0.3 is 0 Å². The number of hydrogen-bond acceptors (Lipinski definition) is 4. The Kier molecular flexibility index (Phi) is 4.19. The van der Waals surface area contributed by atoms with E-state index < -0.39 is 0 Å². The van der Waals surface area contributed by atoms with Gasteiger partial charge in [-0.3, -0.25) is 18.8 Å². The second kappa shape index (κ2) is 6.14. The molecule has 1 fully saturated rings. The van der Waals surface area contributed by atoms with Crippen LogP contribution in [0.5, 0.6) is 0 Å². The maximum Gasteiger partial charge on any atom is 0.264 e. The van der Waals surface area contributed by atoms with E-state index in [1.54, 1.807) is 11.7 Å². The minimum atomic E-state index is -0.233. The molecule has 0 radical (unpaired) electrons. The number of aromatic nitrogens is 4. The molecule has 1 amide bonds. The molecule has 1 aliphatic carbocycles. The number of carbonyl (C=O) groups excluding carboxylic acids is 1. The van der Waals surface area contributed by atoms with Crippen LogP contribution in [0.2, 0.25) is 0 Å². The standard InChI is InChI=1S/C16H23N5O2/c1-10-5-4-6-13(11(10)2)19-14(22)8-21-9-17-15-12(16(21)23)7-18-20(15)3/h7,9-11,13H,4-6,8H2,1-3H3,(H,19,22). The number of fused-ring (bicyclic) bond motifs is 1. The topological polar surface area (TPSA) is 81.8 Å². The van der Waals surface area contributed by atoms with Gasteiger partial charge in [0.05, 0.1) is 6.20 Å². The third kappa shape index (κ3) is 3.00. The number of nitrogens with one attached hydrogen (secondary N) is 1. The molecule has 0 saturated heterocycles. The minimum Gasteiger partial charge on any atom is -0.352 e. The van der Waals surface area contributed by atoms with E-state index in [1.807, 2.05) is 0 Å². The highest BCUT2D eigenvalue weighted by atomic mass is 16.2. The molecule has 1 aliphatic rings. The lowest BCUT2D eigenvalue weighted by molar-refractivity contribution is -0.123. The first-order valence-electron chi connectivity index (χ1n) is 8.14. The fourth-order valence-electron chi connectivity index (χ4n) is 3.37. The van der Waals surface area contributed by atoms with Crippen molar-refractivity contribution in [3.05, 3.63) is 22.9 Å². The molecular formula is C16H23N5O2. The number of hydrogen-bond donors (Lipinski definition) is 1. The Labute approximate surface area is 134 Å². The summed E-state index contributed by atoms with van der Waals surface area (Å²) in [6, 6.07) is 0.192. The SMILES string of the molecule is CC1CCCC(NC(=O)Cn2cnc3c(cnn3C)c2=O)C1C. The first kappa shape index (κ1) is 15.7. The molecule has 0 aliphatic heterocycles. The Bertz CT molecular complexity index is 778. The Balaban J connectivity index is 1.73. The average molecular weight is 317 g/mol. The second-order valence-corrected chi connectivity index (χ2v) is 6.62. The molecule has 0 bridgehead atoms. The summed E-state index contributed by atoms with van der Waals surface area (Å²) in [5.74, 6) is 0.941. The maximum atomic E-state index is 12.4. The van der Waals surface area contributed by atoms with E-state index in [0.29, 0.717) is 22.9 Å². The zero-order chi connectivity index (χ0) is 16.6. The molecule has 23 heavy (non-hydrogen) atoms. The molecule has 124 valence electrons. The quantitative estimate of drug-likeness (QED) is 0.918. The Morgan fingerprint density at radius 1 is 1.39 bits per heavy atom. The predicted octanol–water partition coefficient (Wildman–Crippen LogP) is 1.07. The van der Waals surface area contributed by atoms with Crippen LogP contribution >= 0.6 is 0 Å². The fourth-order valence-corrected chi connectivity index (χ4v) is 3.37. The Morgan fingerprint density at radius 3 is 2.96 bits per heavy atom. The third-order valence-corrected chi connectivity index (χ3v) is 5.09. The smallest absolute Gasteiger partial charge is 0.264 e. The van der Waals surface area contributed by atoms with Crippen molar-refractivity contribution in [3.63, 3.8) is 0 Å². The van der Waals surface area contributed by atoms with Gasteiger partial charge in [0.15, 0.2) is 5.65 Å². The van der Waals surface area contributed by atoms with Gasteiger partial charge in [0.1, 0.15) is 18.3 Å². The van der Waals surface area contributed by atoms with Crippen molar-refractivity contribution in [2.24, 2.45) is 18.9 Å². The lowest BCUT2D eigenvalue weighted by Gasteiger charge is -2.34. The molecule has 7 heteroatoms. The van der Waals surface area contributed by atoms with Crippen molar-refractivity contribution >= 4 is 16.9 Å². The molecule has 7 nitrogen and oxygen atoms in total. The molecule has 0 spiro atoms. The van der Waals surface area contributed by atoms with Crippen molar-refractivity contribution < 1.29 is 4.79 Å². The number of aryl methyl sites for hydroxylation is 1. The average Bonchev–Trinajstić information content (AvgIpc) is 2.89. The number of rotatable bonds is 3. The van der Waals surface area contributed by atoms with Crippen LogP contribution in [0.25, 0.3) is 11.0 Å². The Morgan fingerprint density at radius 2 is 2.17 bits per heavy atom. The highest BCUT2D eigenvalue weighted by Crippen LogP contribution is 2.29. The number of carbonyl (C=O) groups is 1. The van der Waals surface area contributed by atoms with Crippen LogP contribution in [0.3, 0.4) is 0 Å². The molecule has 2 heterocycles. The highest BCUT2D eigenvalue weighted by Gasteiger charge is 2.28. The lowest BCUT2D eigenvalue weighted by atomic mass is 9.78. The van der Waals surface area contributed by atoms with E-state index in [4.69, 9.17) is 0 Å². The van der Waals surface area contributed by atoms with Gasteiger partial charge in [-0.1, -0.05) is 26.7 Å². The molecule has 0 aromatic carbocycles. The molecule has 3 rings (SSSR count). The van der Waals surface area contributed by atoms with Crippen molar-refractivity contribution in [1.82, 2.24) is 24.6 Å². The molecule has 3 unspecified atom stereocenters. The van der Waals surface area contributed by atoms with E-state index >= 15 is 0 Å². The maximum absolute atomic E-state index is 12.4. The van der Waals surface area contributed by atoms with Crippen LogP contribution in [-0.4, -0.2) is 31.3 Å². The summed E-state index contributed by atoms with van der Waals surface area (Å²) in [6.45, 7) is 4.41. The highest BCUT2D eigenvalue weighted by molar-refractivity contribution is 5.77. The van der Waals surface area contributed by atoms with E-state index in [2.05, 4.69) is 29.2 Å². The second-order valence-electron chi connectivity index (χ2n) is 6.62. The summed E-state index contributed by atoms with van der Waals surface area (Å²) in [6.07, 6.45) is 6.27. The predicted molar refractivity (Wildman–Crippen MR) is 86.9 cm³/mol. The van der Waals surface area contributed by atoms with Gasteiger partial charge in [0.2, 0.25) is 5.91 Å². The number of amides is 1. The third-order valence-electron chi connectivity index (χ3n) is 5.09. The molecule has 2 aromatic heterocycles. The van der Waals surface area contributed by atoms with Crippen LogP contribution in [0.4, 0.5) is 0 Å². The summed E-state index contributed by atoms with van der Waals surface area (Å²) < 4.78 is 2.89. The van der Waals surface area contributed by atoms with Gasteiger partial charge in [-0.15, -0.1) is 0 Å². The van der Waals surface area contributed by atoms with Crippen molar-refractivity contribution in [3.8, 4) is 0 Å². The largest absolute Gasteiger partial charge is 0.352 e. The van der Waals surface area contributed by atoms with Crippen LogP contribution in [0.15, 0.2) is 17.3 Å². The van der Waals surface area contributed by atoms with Gasteiger partial charge < -0.3 is 5.32 Å². The lowest BCUT2D eigenvalue weighted by Crippen LogP contribution is -2.45. The number of nitrogens with zero attached hydrogens (tertiary/aromatic N) is 4. The first-order valence-corrected chi connectivity index (χ1v) is 8.14. The van der Waals surface area contributed by atoms with Crippen LogP contribution in [0, 0.1) is 11.8 Å². The molecule has 3 atom stereocenters. The fraction of sp³-hybridized carbons (Fsp3) is 0.625. The molecule has 1 saturated carbocycles. The van der Waals surface area contributed by atoms with E-state index in [1.165, 1.54) is 23.5 Å².